The molecule has 1 saturated carbocycles. The summed E-state index contributed by atoms with van der Waals surface area (Å²) in [7, 11) is 2.20. The number of rotatable bonds is 6. The van der Waals surface area contributed by atoms with Crippen LogP contribution in [0, 0.1) is 5.41 Å². The van der Waals surface area contributed by atoms with Crippen molar-refractivity contribution >= 4 is 0 Å². The molecule has 0 aromatic carbocycles. The lowest BCUT2D eigenvalue weighted by Crippen LogP contribution is -2.56. The highest BCUT2D eigenvalue weighted by Crippen LogP contribution is 2.42. The molecule has 0 amide bonds. The highest BCUT2D eigenvalue weighted by Gasteiger charge is 2.41. The molecule has 1 fully saturated rings. The van der Waals surface area contributed by atoms with Crippen LogP contribution in [0.2, 0.25) is 0 Å². The van der Waals surface area contributed by atoms with E-state index >= 15 is 0 Å². The molecule has 1 aliphatic carbocycles. The maximum atomic E-state index is 6.08. The van der Waals surface area contributed by atoms with E-state index in [9.17, 15) is 0 Å². The second-order valence-corrected chi connectivity index (χ2v) is 6.24. The first-order valence-corrected chi connectivity index (χ1v) is 6.95. The van der Waals surface area contributed by atoms with Gasteiger partial charge in [0.2, 0.25) is 0 Å². The second kappa shape index (κ2) is 6.17. The maximum absolute atomic E-state index is 6.08. The van der Waals surface area contributed by atoms with E-state index in [1.165, 1.54) is 25.7 Å². The van der Waals surface area contributed by atoms with Gasteiger partial charge in [0.15, 0.2) is 0 Å². The molecule has 17 heavy (non-hydrogen) atoms. The van der Waals surface area contributed by atoms with Crippen molar-refractivity contribution in [3.05, 3.63) is 0 Å². The van der Waals surface area contributed by atoms with Gasteiger partial charge in [-0.2, -0.15) is 0 Å². The van der Waals surface area contributed by atoms with Gasteiger partial charge in [-0.3, -0.25) is 4.90 Å². The fourth-order valence-electron chi connectivity index (χ4n) is 3.20. The summed E-state index contributed by atoms with van der Waals surface area (Å²) in [4.78, 5) is 2.43. The average Bonchev–Trinajstić information content (AvgIpc) is 2.27. The highest BCUT2D eigenvalue weighted by atomic mass is 16.5. The van der Waals surface area contributed by atoms with Crippen LogP contribution in [0.4, 0.5) is 0 Å². The third kappa shape index (κ3) is 3.94. The minimum Gasteiger partial charge on any atom is -0.380 e. The molecule has 0 aromatic rings. The molecule has 1 rings (SSSR count). The largest absolute Gasteiger partial charge is 0.380 e. The molecule has 3 heteroatoms. The predicted molar refractivity (Wildman–Crippen MR) is 73.2 cm³/mol. The van der Waals surface area contributed by atoms with E-state index < -0.39 is 0 Å². The van der Waals surface area contributed by atoms with Crippen LogP contribution in [0.3, 0.4) is 0 Å². The molecule has 102 valence electrons. The average molecular weight is 242 g/mol. The summed E-state index contributed by atoms with van der Waals surface area (Å²) in [6, 6.07) is 0. The summed E-state index contributed by atoms with van der Waals surface area (Å²) in [5, 5.41) is 0. The molecule has 1 unspecified atom stereocenters. The standard InChI is InChI=1S/C14H30N2O/c1-5-17-10-9-16(4)14(12-15)8-6-7-13(2,3)11-14/h5-12,15H2,1-4H3. The van der Waals surface area contributed by atoms with E-state index in [0.717, 1.165) is 26.3 Å². The van der Waals surface area contributed by atoms with Crippen LogP contribution in [0.25, 0.3) is 0 Å². The molecule has 0 aromatic heterocycles. The van der Waals surface area contributed by atoms with Gasteiger partial charge in [-0.25, -0.2) is 0 Å². The monoisotopic (exact) mass is 242 g/mol. The lowest BCUT2D eigenvalue weighted by Gasteiger charge is -2.49. The Bertz CT molecular complexity index is 230. The molecule has 0 aliphatic heterocycles. The Kier molecular flexibility index (Phi) is 5.42. The molecule has 0 heterocycles. The van der Waals surface area contributed by atoms with Crippen molar-refractivity contribution in [2.45, 2.75) is 52.0 Å². The maximum Gasteiger partial charge on any atom is 0.0593 e. The van der Waals surface area contributed by atoms with Crippen LogP contribution < -0.4 is 5.73 Å². The zero-order chi connectivity index (χ0) is 12.9. The molecule has 0 spiro atoms. The van der Waals surface area contributed by atoms with Gasteiger partial charge in [0.05, 0.1) is 6.61 Å². The van der Waals surface area contributed by atoms with E-state index in [1.807, 2.05) is 6.92 Å². The topological polar surface area (TPSA) is 38.5 Å². The first kappa shape index (κ1) is 14.9. The summed E-state index contributed by atoms with van der Waals surface area (Å²) in [6.45, 7) is 10.1. The van der Waals surface area contributed by atoms with E-state index in [1.54, 1.807) is 0 Å². The SMILES string of the molecule is CCOCCN(C)C1(CN)CCCC(C)(C)C1. The molecular formula is C14H30N2O. The van der Waals surface area contributed by atoms with Crippen LogP contribution in [0.5, 0.6) is 0 Å². The minimum absolute atomic E-state index is 0.193. The summed E-state index contributed by atoms with van der Waals surface area (Å²) >= 11 is 0. The number of hydrogen-bond acceptors (Lipinski definition) is 3. The van der Waals surface area contributed by atoms with E-state index in [0.29, 0.717) is 5.41 Å². The van der Waals surface area contributed by atoms with Gasteiger partial charge < -0.3 is 10.5 Å². The van der Waals surface area contributed by atoms with Crippen molar-refractivity contribution in [3.63, 3.8) is 0 Å². The van der Waals surface area contributed by atoms with Gasteiger partial charge in [-0.15, -0.1) is 0 Å². The van der Waals surface area contributed by atoms with Gasteiger partial charge in [0, 0.05) is 25.2 Å². The van der Waals surface area contributed by atoms with Crippen LogP contribution in [-0.4, -0.2) is 43.8 Å². The Balaban J connectivity index is 2.60. The van der Waals surface area contributed by atoms with Crippen molar-refractivity contribution < 1.29 is 4.74 Å². The quantitative estimate of drug-likeness (QED) is 0.726. The van der Waals surface area contributed by atoms with Crippen molar-refractivity contribution in [1.82, 2.24) is 4.90 Å². The van der Waals surface area contributed by atoms with Crippen LogP contribution in [-0.2, 0) is 4.74 Å². The summed E-state index contributed by atoms with van der Waals surface area (Å²) < 4.78 is 5.45. The first-order valence-electron chi connectivity index (χ1n) is 6.95. The number of hydrogen-bond donors (Lipinski definition) is 1. The number of likely N-dealkylation sites (N-methyl/N-ethyl adjacent to an activating group) is 1. The lowest BCUT2D eigenvalue weighted by molar-refractivity contribution is 0.00856. The zero-order valence-corrected chi connectivity index (χ0v) is 12.1. The summed E-state index contributed by atoms with van der Waals surface area (Å²) in [6.07, 6.45) is 5.06. The molecule has 2 N–H and O–H groups in total. The van der Waals surface area contributed by atoms with Gasteiger partial charge in [0.25, 0.3) is 0 Å². The van der Waals surface area contributed by atoms with Crippen LogP contribution >= 0.6 is 0 Å². The Hall–Kier alpha value is -0.120. The Morgan fingerprint density at radius 2 is 2.00 bits per heavy atom. The molecule has 3 nitrogen and oxygen atoms in total. The Labute approximate surface area is 107 Å². The molecular weight excluding hydrogens is 212 g/mol. The molecule has 1 atom stereocenters. The fourth-order valence-corrected chi connectivity index (χ4v) is 3.20. The first-order chi connectivity index (χ1) is 7.96. The number of nitrogens with two attached hydrogens (primary N) is 1. The van der Waals surface area contributed by atoms with Gasteiger partial charge in [-0.05, 0) is 38.6 Å². The van der Waals surface area contributed by atoms with E-state index in [2.05, 4.69) is 25.8 Å². The van der Waals surface area contributed by atoms with Gasteiger partial charge >= 0.3 is 0 Å². The molecule has 0 radical (unpaired) electrons. The third-order valence-electron chi connectivity index (χ3n) is 4.27. The van der Waals surface area contributed by atoms with Gasteiger partial charge in [-0.1, -0.05) is 20.3 Å². The third-order valence-corrected chi connectivity index (χ3v) is 4.27. The van der Waals surface area contributed by atoms with Crippen LogP contribution in [0.1, 0.15) is 46.5 Å². The number of nitrogens with zero attached hydrogens (tertiary/aromatic N) is 1. The molecule has 1 aliphatic rings. The Morgan fingerprint density at radius 1 is 1.29 bits per heavy atom. The normalized spacial score (nSPS) is 28.6. The zero-order valence-electron chi connectivity index (χ0n) is 12.1. The molecule has 0 bridgehead atoms. The highest BCUT2D eigenvalue weighted by molar-refractivity contribution is 4.98. The van der Waals surface area contributed by atoms with E-state index in [-0.39, 0.29) is 5.54 Å². The Morgan fingerprint density at radius 3 is 2.53 bits per heavy atom. The van der Waals surface area contributed by atoms with Crippen molar-refractivity contribution in [2.75, 3.05) is 33.4 Å². The number of ether oxygens (including phenoxy) is 1. The molecule has 0 saturated heterocycles. The smallest absolute Gasteiger partial charge is 0.0593 e. The predicted octanol–water partition coefficient (Wildman–Crippen LogP) is 2.25. The fraction of sp³-hybridized carbons (Fsp3) is 1.00. The van der Waals surface area contributed by atoms with Crippen LogP contribution in [0.15, 0.2) is 0 Å². The van der Waals surface area contributed by atoms with Gasteiger partial charge in [0.1, 0.15) is 0 Å². The van der Waals surface area contributed by atoms with E-state index in [4.69, 9.17) is 10.5 Å². The minimum atomic E-state index is 0.193. The van der Waals surface area contributed by atoms with Crippen molar-refractivity contribution in [3.8, 4) is 0 Å². The summed E-state index contributed by atoms with van der Waals surface area (Å²) in [5.41, 5.74) is 6.70. The lowest BCUT2D eigenvalue weighted by atomic mass is 9.67. The van der Waals surface area contributed by atoms with Crippen molar-refractivity contribution in [2.24, 2.45) is 11.1 Å². The van der Waals surface area contributed by atoms with Crippen molar-refractivity contribution in [1.29, 1.82) is 0 Å². The second-order valence-electron chi connectivity index (χ2n) is 6.24. The summed E-state index contributed by atoms with van der Waals surface area (Å²) in [5.74, 6) is 0.